The molecule has 0 bridgehead atoms. The third-order valence-electron chi connectivity index (χ3n) is 11.4. The summed E-state index contributed by atoms with van der Waals surface area (Å²) in [4.78, 5) is 78.2. The molecule has 1 aromatic heterocycles. The molecule has 1 aliphatic heterocycles. The second kappa shape index (κ2) is 23.0. The van der Waals surface area contributed by atoms with Crippen LogP contribution in [-0.4, -0.2) is 124 Å². The number of hydrogen-bond donors (Lipinski definition) is 10. The van der Waals surface area contributed by atoms with E-state index in [-0.39, 0.29) is 6.10 Å². The molecule has 3 aromatic carbocycles. The van der Waals surface area contributed by atoms with Crippen molar-refractivity contribution in [3.8, 4) is 0 Å². The molecule has 0 unspecified atom stereocenters. The molecule has 2 heterocycles. The van der Waals surface area contributed by atoms with Gasteiger partial charge in [0.1, 0.15) is 6.10 Å². The van der Waals surface area contributed by atoms with Crippen molar-refractivity contribution in [2.75, 3.05) is 18.4 Å². The van der Waals surface area contributed by atoms with Crippen LogP contribution in [0.2, 0.25) is 5.02 Å². The van der Waals surface area contributed by atoms with E-state index in [0.29, 0.717) is 17.5 Å². The number of aromatic nitrogens is 1. The Balaban J connectivity index is 0.000000274. The third kappa shape index (κ3) is 13.8. The molecular formula is C47H52ClN3O17. The van der Waals surface area contributed by atoms with Gasteiger partial charge in [0.05, 0.1) is 36.9 Å². The first-order valence-corrected chi connectivity index (χ1v) is 21.7. The highest BCUT2D eigenvalue weighted by Gasteiger charge is 2.57. The molecule has 3 aliphatic rings. The summed E-state index contributed by atoms with van der Waals surface area (Å²) in [5.41, 5.74) is -0.712. The molecule has 2 aliphatic carbocycles. The molecule has 21 heteroatoms. The van der Waals surface area contributed by atoms with Gasteiger partial charge in [0.25, 0.3) is 0 Å². The van der Waals surface area contributed by atoms with E-state index in [0.717, 1.165) is 67.3 Å². The Morgan fingerprint density at radius 2 is 1.25 bits per heavy atom. The lowest BCUT2D eigenvalue weighted by molar-refractivity contribution is -0.531. The number of carboxylic acids is 6. The Labute approximate surface area is 393 Å². The SMILES string of the molecule is Clc1cc(NCCCNC2CCC3(CC2)OO[C@@]2(c4ccccc4)CC(c4ccccc4)=C[C@H]2O3)c2ncccc2c1.O=C(O)CC(O)(CC(=O)O)C(=O)O.O=C(O)CC(O)(CC(=O)O)C(=O)O. The highest BCUT2D eigenvalue weighted by Crippen LogP contribution is 2.53. The number of pyridine rings is 1. The van der Waals surface area contributed by atoms with Crippen LogP contribution in [0.15, 0.2) is 97.2 Å². The summed E-state index contributed by atoms with van der Waals surface area (Å²) in [6.45, 7) is 1.77. The number of aliphatic hydroxyl groups is 2. The Bertz CT molecular complexity index is 2380. The van der Waals surface area contributed by atoms with Crippen LogP contribution in [0.4, 0.5) is 5.69 Å². The Morgan fingerprint density at radius 1 is 0.706 bits per heavy atom. The Morgan fingerprint density at radius 3 is 1.78 bits per heavy atom. The maximum absolute atomic E-state index is 10.3. The number of ether oxygens (including phenoxy) is 1. The van der Waals surface area contributed by atoms with Crippen LogP contribution in [0.25, 0.3) is 16.5 Å². The van der Waals surface area contributed by atoms with Gasteiger partial charge in [0.2, 0.25) is 5.79 Å². The van der Waals surface area contributed by atoms with Gasteiger partial charge in [0.15, 0.2) is 16.8 Å². The van der Waals surface area contributed by atoms with Gasteiger partial charge in [-0.15, -0.1) is 0 Å². The Hall–Kier alpha value is -6.52. The van der Waals surface area contributed by atoms with Gasteiger partial charge >= 0.3 is 35.8 Å². The fourth-order valence-electron chi connectivity index (χ4n) is 8.05. The first-order chi connectivity index (χ1) is 32.2. The average molecular weight is 966 g/mol. The molecular weight excluding hydrogens is 914 g/mol. The molecule has 0 radical (unpaired) electrons. The van der Waals surface area contributed by atoms with Gasteiger partial charge in [-0.3, -0.25) is 24.2 Å². The molecule has 4 aromatic rings. The molecule has 68 heavy (non-hydrogen) atoms. The number of fused-ring (bicyclic) bond motifs is 2. The first-order valence-electron chi connectivity index (χ1n) is 21.3. The number of carboxylic acid groups (broad SMARTS) is 6. The summed E-state index contributed by atoms with van der Waals surface area (Å²) >= 11 is 6.32. The predicted molar refractivity (Wildman–Crippen MR) is 241 cm³/mol. The number of anilines is 1. The van der Waals surface area contributed by atoms with Gasteiger partial charge in [-0.05, 0) is 66.8 Å². The monoisotopic (exact) mass is 965 g/mol. The van der Waals surface area contributed by atoms with Crippen molar-refractivity contribution >= 4 is 69.6 Å². The van der Waals surface area contributed by atoms with Crippen molar-refractivity contribution in [1.29, 1.82) is 0 Å². The van der Waals surface area contributed by atoms with Crippen LogP contribution in [0.1, 0.15) is 75.3 Å². The molecule has 1 spiro atoms. The molecule has 2 fully saturated rings. The van der Waals surface area contributed by atoms with E-state index in [1.807, 2.05) is 42.6 Å². The topological polar surface area (TPSA) is 329 Å². The predicted octanol–water partition coefficient (Wildman–Crippen LogP) is 5.15. The smallest absolute Gasteiger partial charge is 0.336 e. The molecule has 7 rings (SSSR count). The molecule has 20 nitrogen and oxygen atoms in total. The Kier molecular flexibility index (Phi) is 17.7. The van der Waals surface area contributed by atoms with Crippen molar-refractivity contribution in [3.63, 3.8) is 0 Å². The molecule has 2 atom stereocenters. The van der Waals surface area contributed by atoms with Crippen molar-refractivity contribution in [1.82, 2.24) is 10.3 Å². The second-order valence-corrected chi connectivity index (χ2v) is 17.0. The van der Waals surface area contributed by atoms with Crippen molar-refractivity contribution in [3.05, 3.63) is 113 Å². The summed E-state index contributed by atoms with van der Waals surface area (Å²) in [7, 11) is 0. The molecule has 0 amide bonds. The van der Waals surface area contributed by atoms with Crippen LogP contribution in [-0.2, 0) is 48.9 Å². The quantitative estimate of drug-likeness (QED) is 0.0455. The fourth-order valence-corrected chi connectivity index (χ4v) is 8.28. The van der Waals surface area contributed by atoms with Crippen LogP contribution >= 0.6 is 11.6 Å². The van der Waals surface area contributed by atoms with Crippen LogP contribution < -0.4 is 10.6 Å². The summed E-state index contributed by atoms with van der Waals surface area (Å²) < 4.78 is 6.86. The lowest BCUT2D eigenvalue weighted by Gasteiger charge is -2.49. The number of halogens is 1. The van der Waals surface area contributed by atoms with Crippen LogP contribution in [0.5, 0.6) is 0 Å². The fraction of sp³-hybridized carbons (Fsp3) is 0.383. The minimum atomic E-state index is -2.74. The van der Waals surface area contributed by atoms with Crippen molar-refractivity contribution in [2.24, 2.45) is 0 Å². The number of nitrogens with zero attached hydrogens (tertiary/aromatic N) is 1. The van der Waals surface area contributed by atoms with E-state index in [1.165, 1.54) is 11.1 Å². The number of nitrogens with one attached hydrogen (secondary N) is 2. The highest BCUT2D eigenvalue weighted by molar-refractivity contribution is 6.31. The van der Waals surface area contributed by atoms with Crippen molar-refractivity contribution < 1.29 is 84.1 Å². The zero-order valence-electron chi connectivity index (χ0n) is 36.5. The number of benzene rings is 3. The number of carbonyl (C=O) groups is 6. The zero-order chi connectivity index (χ0) is 49.7. The van der Waals surface area contributed by atoms with Gasteiger partial charge in [-0.2, -0.15) is 0 Å². The second-order valence-electron chi connectivity index (χ2n) is 16.6. The van der Waals surface area contributed by atoms with E-state index in [2.05, 4.69) is 70.2 Å². The first kappa shape index (κ1) is 52.4. The number of rotatable bonds is 18. The maximum atomic E-state index is 10.3. The molecule has 10 N–H and O–H groups in total. The van der Waals surface area contributed by atoms with E-state index in [9.17, 15) is 28.8 Å². The maximum Gasteiger partial charge on any atom is 0.336 e. The summed E-state index contributed by atoms with van der Waals surface area (Å²) in [6.07, 6.45) is 4.51. The summed E-state index contributed by atoms with van der Waals surface area (Å²) in [5.74, 6) is -10.8. The lowest BCUT2D eigenvalue weighted by atomic mass is 9.85. The van der Waals surface area contributed by atoms with E-state index in [1.54, 1.807) is 0 Å². The van der Waals surface area contributed by atoms with E-state index in [4.69, 9.17) is 67.0 Å². The average Bonchev–Trinajstić information content (AvgIpc) is 3.66. The largest absolute Gasteiger partial charge is 0.481 e. The molecule has 364 valence electrons. The van der Waals surface area contributed by atoms with Crippen LogP contribution in [0.3, 0.4) is 0 Å². The van der Waals surface area contributed by atoms with Crippen molar-refractivity contribution in [2.45, 2.75) is 98.9 Å². The van der Waals surface area contributed by atoms with Gasteiger partial charge < -0.3 is 56.2 Å². The third-order valence-corrected chi connectivity index (χ3v) is 11.7. The van der Waals surface area contributed by atoms with E-state index >= 15 is 0 Å². The minimum absolute atomic E-state index is 0.212. The summed E-state index contributed by atoms with van der Waals surface area (Å²) in [5, 5.41) is 76.6. The van der Waals surface area contributed by atoms with Gasteiger partial charge in [-0.1, -0.05) is 78.3 Å². The standard InChI is InChI=1S/C35H36ClN3O3.2C6H8O7/c36-29-21-26-11-7-18-39-33(26)31(23-29)38-20-8-19-37-30-14-16-34(17-15-30)40-32-22-27(25-9-3-1-4-10-25)24-35(32,42-41-34)28-12-5-2-6-13-28;2*7-3(8)1-6(13,5(11)12)2-4(9)10/h1-7,9-13,18,21-23,30,32,37-38H,8,14-17,19-20,24H2;2*13H,1-2H2,(H,7,8)(H,9,10)(H,11,12)/t30?,32-,34?,35-;;/m1../s1. The molecule has 1 saturated carbocycles. The normalized spacial score (nSPS) is 20.9. The van der Waals surface area contributed by atoms with Gasteiger partial charge in [-0.25, -0.2) is 19.4 Å². The lowest BCUT2D eigenvalue weighted by Crippen LogP contribution is -2.56. The van der Waals surface area contributed by atoms with Gasteiger partial charge in [0, 0.05) is 48.5 Å². The number of aliphatic carboxylic acids is 6. The van der Waals surface area contributed by atoms with E-state index < -0.39 is 84.1 Å². The number of hydrogen-bond acceptors (Lipinski definition) is 14. The molecule has 1 saturated heterocycles. The summed E-state index contributed by atoms with van der Waals surface area (Å²) in [6, 6.07) is 29.2. The minimum Gasteiger partial charge on any atom is -0.481 e. The highest BCUT2D eigenvalue weighted by atomic mass is 35.5. The zero-order valence-corrected chi connectivity index (χ0v) is 37.2. The van der Waals surface area contributed by atoms with Crippen LogP contribution in [0, 0.1) is 0 Å².